The highest BCUT2D eigenvalue weighted by molar-refractivity contribution is 5.88. The van der Waals surface area contributed by atoms with Gasteiger partial charge in [0.15, 0.2) is 0 Å². The molecule has 9 heteroatoms. The summed E-state index contributed by atoms with van der Waals surface area (Å²) in [4.78, 5) is 12.6. The van der Waals surface area contributed by atoms with Crippen LogP contribution < -0.4 is 0 Å². The van der Waals surface area contributed by atoms with E-state index in [1.165, 1.54) is 27.7 Å². The molecule has 9 nitrogen and oxygen atoms in total. The Labute approximate surface area is 178 Å². The van der Waals surface area contributed by atoms with Crippen molar-refractivity contribution < 1.29 is 40.3 Å². The molecule has 1 rings (SSSR count). The predicted molar refractivity (Wildman–Crippen MR) is 110 cm³/mol. The van der Waals surface area contributed by atoms with Crippen LogP contribution in [0.15, 0.2) is 5.16 Å². The number of esters is 1. The first-order chi connectivity index (χ1) is 13.6. The molecule has 10 atom stereocenters. The van der Waals surface area contributed by atoms with E-state index in [0.29, 0.717) is 0 Å². The quantitative estimate of drug-likeness (QED) is 0.200. The average Bonchev–Trinajstić information content (AvgIpc) is 2.67. The number of nitrogens with zero attached hydrogens (tertiary/aromatic N) is 1. The Morgan fingerprint density at radius 2 is 1.57 bits per heavy atom. The molecule has 1 heterocycles. The minimum atomic E-state index is -1.87. The summed E-state index contributed by atoms with van der Waals surface area (Å²) in [6.45, 7) is 10.6. The molecule has 0 spiro atoms. The molecule has 0 unspecified atom stereocenters. The first-order valence-corrected chi connectivity index (χ1v) is 10.5. The highest BCUT2D eigenvalue weighted by Crippen LogP contribution is 2.34. The van der Waals surface area contributed by atoms with Crippen molar-refractivity contribution in [3.05, 3.63) is 0 Å². The molecule has 1 aliphatic heterocycles. The lowest BCUT2D eigenvalue weighted by atomic mass is 9.74. The van der Waals surface area contributed by atoms with E-state index in [2.05, 4.69) is 5.16 Å². The van der Waals surface area contributed by atoms with Crippen LogP contribution in [-0.4, -0.2) is 78.0 Å². The minimum Gasteiger partial charge on any atom is -0.459 e. The normalized spacial score (nSPS) is 48.8. The van der Waals surface area contributed by atoms with Crippen LogP contribution in [-0.2, 0) is 9.53 Å². The first-order valence-electron chi connectivity index (χ1n) is 10.5. The molecule has 1 saturated heterocycles. The van der Waals surface area contributed by atoms with Gasteiger partial charge >= 0.3 is 5.97 Å². The van der Waals surface area contributed by atoms with Crippen LogP contribution in [0.4, 0.5) is 0 Å². The summed E-state index contributed by atoms with van der Waals surface area (Å²) in [5, 5.41) is 67.0. The number of cyclic esters (lactones) is 1. The minimum absolute atomic E-state index is 0.0418. The van der Waals surface area contributed by atoms with Crippen molar-refractivity contribution in [2.75, 3.05) is 0 Å². The van der Waals surface area contributed by atoms with Gasteiger partial charge in [-0.1, -0.05) is 32.9 Å². The molecule has 1 aliphatic rings. The first kappa shape index (κ1) is 26.8. The fraction of sp³-hybridized carbons (Fsp3) is 0.905. The van der Waals surface area contributed by atoms with E-state index in [4.69, 9.17) is 4.74 Å². The second-order valence-corrected chi connectivity index (χ2v) is 9.36. The Hall–Kier alpha value is -1.26. The summed E-state index contributed by atoms with van der Waals surface area (Å²) in [6.07, 6.45) is -5.11. The van der Waals surface area contributed by atoms with Crippen LogP contribution in [0.3, 0.4) is 0 Å². The van der Waals surface area contributed by atoms with Gasteiger partial charge in [-0.3, -0.25) is 4.79 Å². The van der Waals surface area contributed by atoms with Crippen LogP contribution in [0.5, 0.6) is 0 Å². The molecule has 0 amide bonds. The highest BCUT2D eigenvalue weighted by Gasteiger charge is 2.48. The van der Waals surface area contributed by atoms with Gasteiger partial charge in [-0.15, -0.1) is 0 Å². The lowest BCUT2D eigenvalue weighted by Crippen LogP contribution is -2.57. The van der Waals surface area contributed by atoms with Gasteiger partial charge in [0.05, 0.1) is 35.5 Å². The zero-order valence-corrected chi connectivity index (χ0v) is 19.0. The number of aliphatic hydroxyl groups excluding tert-OH is 3. The standard InChI is InChI=1S/C21H39NO8/c1-8-14-21(7,28)18(25)11(3)15(22-29)10(2)9-20(6,27)17(24)12(4)16(23)13(5)19(26)30-14/h10-14,16-18,23-25,27-29H,8-9H2,1-7H3/b22-15-/t10-,11-,12-,13+,14-,16+,17-,18-,20-,21-/m1/s1. The van der Waals surface area contributed by atoms with Crippen molar-refractivity contribution in [1.82, 2.24) is 0 Å². The van der Waals surface area contributed by atoms with Gasteiger partial charge in [-0.2, -0.15) is 0 Å². The van der Waals surface area contributed by atoms with Gasteiger partial charge in [0.1, 0.15) is 11.7 Å². The van der Waals surface area contributed by atoms with Gasteiger partial charge in [-0.25, -0.2) is 0 Å². The molecule has 6 N–H and O–H groups in total. The van der Waals surface area contributed by atoms with E-state index in [1.807, 2.05) is 0 Å². The molecule has 0 aromatic heterocycles. The maximum atomic E-state index is 12.6. The lowest BCUT2D eigenvalue weighted by molar-refractivity contribution is -0.191. The molecular formula is C21H39NO8. The summed E-state index contributed by atoms with van der Waals surface area (Å²) in [6, 6.07) is 0. The van der Waals surface area contributed by atoms with Gasteiger partial charge < -0.3 is 35.5 Å². The zero-order valence-electron chi connectivity index (χ0n) is 19.0. The fourth-order valence-electron chi connectivity index (χ4n) is 4.55. The van der Waals surface area contributed by atoms with E-state index < -0.39 is 65.3 Å². The molecule has 0 bridgehead atoms. The van der Waals surface area contributed by atoms with Crippen molar-refractivity contribution in [3.63, 3.8) is 0 Å². The van der Waals surface area contributed by atoms with Gasteiger partial charge in [-0.05, 0) is 33.6 Å². The van der Waals surface area contributed by atoms with Crippen molar-refractivity contribution in [2.24, 2.45) is 28.8 Å². The number of carbonyl (C=O) groups excluding carboxylic acids is 1. The van der Waals surface area contributed by atoms with Crippen LogP contribution in [0, 0.1) is 23.7 Å². The predicted octanol–water partition coefficient (Wildman–Crippen LogP) is 0.671. The summed E-state index contributed by atoms with van der Waals surface area (Å²) < 4.78 is 5.44. The van der Waals surface area contributed by atoms with Crippen molar-refractivity contribution in [3.8, 4) is 0 Å². The lowest BCUT2D eigenvalue weighted by Gasteiger charge is -2.42. The summed E-state index contributed by atoms with van der Waals surface area (Å²) >= 11 is 0. The molecule has 0 aliphatic carbocycles. The number of aliphatic hydroxyl groups is 5. The molecule has 0 radical (unpaired) electrons. The van der Waals surface area contributed by atoms with E-state index in [9.17, 15) is 35.5 Å². The number of hydrogen-bond acceptors (Lipinski definition) is 9. The number of oxime groups is 1. The largest absolute Gasteiger partial charge is 0.459 e. The summed E-state index contributed by atoms with van der Waals surface area (Å²) in [7, 11) is 0. The molecule has 0 aromatic carbocycles. The number of ether oxygens (including phenoxy) is 1. The van der Waals surface area contributed by atoms with Crippen molar-refractivity contribution >= 4 is 11.7 Å². The maximum Gasteiger partial charge on any atom is 0.311 e. The third-order valence-corrected chi connectivity index (χ3v) is 6.72. The SMILES string of the molecule is CC[C@H]1OC(=O)[C@@H](C)[C@@H](O)[C@@H](C)[C@@H](O)[C@](C)(O)C[C@@H](C)/C(=N/O)[C@@H](C)[C@@H](O)[C@]1(C)O. The number of hydrogen-bond donors (Lipinski definition) is 6. The maximum absolute atomic E-state index is 12.6. The second-order valence-electron chi connectivity index (χ2n) is 9.36. The fourth-order valence-corrected chi connectivity index (χ4v) is 4.55. The van der Waals surface area contributed by atoms with Crippen LogP contribution in [0.2, 0.25) is 0 Å². The second kappa shape index (κ2) is 9.91. The Bertz CT molecular complexity index is 620. The average molecular weight is 434 g/mol. The molecule has 176 valence electrons. The van der Waals surface area contributed by atoms with Crippen molar-refractivity contribution in [1.29, 1.82) is 0 Å². The summed E-state index contributed by atoms with van der Waals surface area (Å²) in [5.74, 6) is -4.14. The van der Waals surface area contributed by atoms with E-state index >= 15 is 0 Å². The topological polar surface area (TPSA) is 160 Å². The molecule has 0 saturated carbocycles. The van der Waals surface area contributed by atoms with Gasteiger partial charge in [0.25, 0.3) is 0 Å². The number of rotatable bonds is 1. The Kier molecular flexibility index (Phi) is 8.84. The third kappa shape index (κ3) is 5.31. The van der Waals surface area contributed by atoms with E-state index in [0.717, 1.165) is 0 Å². The molecule has 30 heavy (non-hydrogen) atoms. The third-order valence-electron chi connectivity index (χ3n) is 6.72. The molecule has 1 fully saturated rings. The van der Waals surface area contributed by atoms with Crippen molar-refractivity contribution in [2.45, 2.75) is 96.9 Å². The Morgan fingerprint density at radius 3 is 2.03 bits per heavy atom. The van der Waals surface area contributed by atoms with Crippen LogP contribution in [0.1, 0.15) is 61.3 Å². The molecular weight excluding hydrogens is 394 g/mol. The number of carbonyl (C=O) groups is 1. The smallest absolute Gasteiger partial charge is 0.311 e. The highest BCUT2D eigenvalue weighted by atomic mass is 16.6. The Morgan fingerprint density at radius 1 is 1.03 bits per heavy atom. The zero-order chi connectivity index (χ0) is 23.6. The molecule has 0 aromatic rings. The van der Waals surface area contributed by atoms with E-state index in [-0.39, 0.29) is 18.6 Å². The van der Waals surface area contributed by atoms with Crippen LogP contribution >= 0.6 is 0 Å². The van der Waals surface area contributed by atoms with Crippen LogP contribution in [0.25, 0.3) is 0 Å². The summed E-state index contributed by atoms with van der Waals surface area (Å²) in [5.41, 5.74) is -3.44. The van der Waals surface area contributed by atoms with Gasteiger partial charge in [0.2, 0.25) is 0 Å². The Balaban J connectivity index is 3.50. The monoisotopic (exact) mass is 433 g/mol. The van der Waals surface area contributed by atoms with Gasteiger partial charge in [0, 0.05) is 17.8 Å². The van der Waals surface area contributed by atoms with E-state index in [1.54, 1.807) is 20.8 Å².